The van der Waals surface area contributed by atoms with E-state index < -0.39 is 5.97 Å². The van der Waals surface area contributed by atoms with Gasteiger partial charge in [-0.1, -0.05) is 43.2 Å². The Morgan fingerprint density at radius 3 is 2.30 bits per heavy atom. The highest BCUT2D eigenvalue weighted by Gasteiger charge is 2.10. The Kier molecular flexibility index (Phi) is 6.15. The van der Waals surface area contributed by atoms with Gasteiger partial charge in [0.25, 0.3) is 0 Å². The van der Waals surface area contributed by atoms with Crippen LogP contribution in [0.4, 0.5) is 0 Å². The molecule has 0 bridgehead atoms. The molecule has 3 rings (SSSR count). The summed E-state index contributed by atoms with van der Waals surface area (Å²) in [6.07, 6.45) is 2.08. The van der Waals surface area contributed by atoms with Gasteiger partial charge in [0.2, 0.25) is 5.88 Å². The first-order valence-corrected chi connectivity index (χ1v) is 9.01. The molecule has 5 nitrogen and oxygen atoms in total. The minimum Gasteiger partial charge on any atom is -0.494 e. The lowest BCUT2D eigenvalue weighted by Gasteiger charge is -2.07. The van der Waals surface area contributed by atoms with Crippen molar-refractivity contribution in [2.24, 2.45) is 0 Å². The fourth-order valence-electron chi connectivity index (χ4n) is 2.43. The minimum atomic E-state index is -0.479. The number of benzene rings is 2. The quantitative estimate of drug-likeness (QED) is 0.444. The summed E-state index contributed by atoms with van der Waals surface area (Å²) in [7, 11) is 0. The second-order valence-electron chi connectivity index (χ2n) is 6.24. The highest BCUT2D eigenvalue weighted by molar-refractivity contribution is 5.91. The molecule has 0 radical (unpaired) electrons. The second kappa shape index (κ2) is 8.94. The molecule has 2 aromatic carbocycles. The van der Waals surface area contributed by atoms with Gasteiger partial charge in [-0.25, -0.2) is 4.79 Å². The van der Waals surface area contributed by atoms with Gasteiger partial charge in [0.1, 0.15) is 5.75 Å². The third-order valence-electron chi connectivity index (χ3n) is 4.04. The van der Waals surface area contributed by atoms with Crippen molar-refractivity contribution in [2.45, 2.75) is 26.7 Å². The van der Waals surface area contributed by atoms with Crippen LogP contribution in [0.25, 0.3) is 11.3 Å². The average molecular weight is 362 g/mol. The predicted octanol–water partition coefficient (Wildman–Crippen LogP) is 4.85. The van der Waals surface area contributed by atoms with Crippen LogP contribution < -0.4 is 9.47 Å². The smallest absolute Gasteiger partial charge is 0.344 e. The minimum absolute atomic E-state index is 0.166. The summed E-state index contributed by atoms with van der Waals surface area (Å²) in [6.45, 7) is 4.81. The van der Waals surface area contributed by atoms with Gasteiger partial charge in [0, 0.05) is 11.6 Å². The van der Waals surface area contributed by atoms with E-state index >= 15 is 0 Å². The number of carbonyl (C=O) groups is 1. The molecule has 0 N–H and O–H groups in total. The number of aromatic nitrogens is 2. The molecule has 0 aliphatic rings. The van der Waals surface area contributed by atoms with Crippen LogP contribution in [-0.4, -0.2) is 22.8 Å². The topological polar surface area (TPSA) is 61.3 Å². The third kappa shape index (κ3) is 5.14. The van der Waals surface area contributed by atoms with Crippen LogP contribution in [0.5, 0.6) is 11.6 Å². The molecule has 0 amide bonds. The number of nitrogens with zero attached hydrogens (tertiary/aromatic N) is 2. The molecule has 1 aromatic heterocycles. The van der Waals surface area contributed by atoms with E-state index in [4.69, 9.17) is 9.47 Å². The van der Waals surface area contributed by atoms with Gasteiger partial charge < -0.3 is 9.47 Å². The maximum Gasteiger partial charge on any atom is 0.344 e. The van der Waals surface area contributed by atoms with Crippen molar-refractivity contribution in [1.29, 1.82) is 0 Å². The molecule has 138 valence electrons. The molecular weight excluding hydrogens is 340 g/mol. The van der Waals surface area contributed by atoms with Crippen molar-refractivity contribution in [2.75, 3.05) is 6.61 Å². The summed E-state index contributed by atoms with van der Waals surface area (Å²) in [6, 6.07) is 18.3. The molecule has 0 unspecified atom stereocenters. The molecule has 0 aliphatic carbocycles. The molecule has 27 heavy (non-hydrogen) atoms. The van der Waals surface area contributed by atoms with Crippen molar-refractivity contribution in [3.63, 3.8) is 0 Å². The van der Waals surface area contributed by atoms with E-state index in [9.17, 15) is 4.79 Å². The highest BCUT2D eigenvalue weighted by Crippen LogP contribution is 2.19. The number of carbonyl (C=O) groups excluding carboxylic acids is 1. The maximum atomic E-state index is 12.2. The molecular formula is C22H22N2O3. The lowest BCUT2D eigenvalue weighted by Crippen LogP contribution is -2.10. The zero-order chi connectivity index (χ0) is 19.1. The van der Waals surface area contributed by atoms with Gasteiger partial charge in [0.15, 0.2) is 0 Å². The van der Waals surface area contributed by atoms with Crippen LogP contribution in [0, 0.1) is 6.92 Å². The zero-order valence-corrected chi connectivity index (χ0v) is 15.5. The fourth-order valence-corrected chi connectivity index (χ4v) is 2.43. The summed E-state index contributed by atoms with van der Waals surface area (Å²) in [5.41, 5.74) is 3.30. The Labute approximate surface area is 159 Å². The summed E-state index contributed by atoms with van der Waals surface area (Å²) < 4.78 is 10.9. The highest BCUT2D eigenvalue weighted by atomic mass is 16.5. The van der Waals surface area contributed by atoms with Crippen LogP contribution in [0.2, 0.25) is 0 Å². The van der Waals surface area contributed by atoms with Crippen LogP contribution in [0.1, 0.15) is 35.7 Å². The Balaban J connectivity index is 1.61. The number of ether oxygens (including phenoxy) is 2. The summed E-state index contributed by atoms with van der Waals surface area (Å²) >= 11 is 0. The largest absolute Gasteiger partial charge is 0.494 e. The molecule has 0 spiro atoms. The van der Waals surface area contributed by atoms with Crippen molar-refractivity contribution in [1.82, 2.24) is 10.2 Å². The number of hydrogen-bond donors (Lipinski definition) is 0. The normalized spacial score (nSPS) is 10.4. The van der Waals surface area contributed by atoms with Crippen molar-refractivity contribution >= 4 is 5.97 Å². The molecule has 3 aromatic rings. The number of esters is 1. The van der Waals surface area contributed by atoms with Crippen molar-refractivity contribution in [3.8, 4) is 22.9 Å². The molecule has 0 saturated heterocycles. The van der Waals surface area contributed by atoms with Crippen LogP contribution in [0.3, 0.4) is 0 Å². The van der Waals surface area contributed by atoms with Crippen LogP contribution >= 0.6 is 0 Å². The number of rotatable bonds is 7. The molecule has 1 heterocycles. The van der Waals surface area contributed by atoms with Crippen LogP contribution in [-0.2, 0) is 0 Å². The molecule has 0 atom stereocenters. The summed E-state index contributed by atoms with van der Waals surface area (Å²) in [5, 5.41) is 8.13. The van der Waals surface area contributed by atoms with E-state index in [0.717, 1.165) is 29.8 Å². The maximum absolute atomic E-state index is 12.2. The molecule has 0 fully saturated rings. The first kappa shape index (κ1) is 18.6. The number of unbranched alkanes of at least 4 members (excludes halogenated alkanes) is 1. The lowest BCUT2D eigenvalue weighted by atomic mass is 10.1. The molecule has 0 saturated carbocycles. The van der Waals surface area contributed by atoms with Gasteiger partial charge in [-0.15, -0.1) is 10.2 Å². The van der Waals surface area contributed by atoms with E-state index in [0.29, 0.717) is 12.2 Å². The van der Waals surface area contributed by atoms with E-state index in [1.165, 1.54) is 5.56 Å². The number of aryl methyl sites for hydroxylation is 1. The SMILES string of the molecule is CCCCOc1ccc(C(=O)Oc2ccc(-c3ccc(C)cc3)nn2)cc1. The average Bonchev–Trinajstić information content (AvgIpc) is 2.70. The Hall–Kier alpha value is -3.21. The summed E-state index contributed by atoms with van der Waals surface area (Å²) in [4.78, 5) is 12.2. The van der Waals surface area contributed by atoms with Crippen LogP contribution in [0.15, 0.2) is 60.7 Å². The second-order valence-corrected chi connectivity index (χ2v) is 6.24. The van der Waals surface area contributed by atoms with E-state index in [1.807, 2.05) is 31.2 Å². The van der Waals surface area contributed by atoms with Gasteiger partial charge in [-0.05, 0) is 43.7 Å². The Bertz CT molecular complexity index is 873. The predicted molar refractivity (Wildman–Crippen MR) is 104 cm³/mol. The van der Waals surface area contributed by atoms with Crippen molar-refractivity contribution < 1.29 is 14.3 Å². The van der Waals surface area contributed by atoms with Gasteiger partial charge in [-0.2, -0.15) is 0 Å². The standard InChI is InChI=1S/C22H22N2O3/c1-3-4-15-26-19-11-9-18(10-12-19)22(25)27-21-14-13-20(23-24-21)17-7-5-16(2)6-8-17/h5-14H,3-4,15H2,1-2H3. The van der Waals surface area contributed by atoms with Gasteiger partial charge in [0.05, 0.1) is 17.9 Å². The third-order valence-corrected chi connectivity index (χ3v) is 4.04. The van der Waals surface area contributed by atoms with E-state index in [2.05, 4.69) is 17.1 Å². The Morgan fingerprint density at radius 2 is 1.67 bits per heavy atom. The zero-order valence-electron chi connectivity index (χ0n) is 15.5. The van der Waals surface area contributed by atoms with E-state index in [-0.39, 0.29) is 5.88 Å². The van der Waals surface area contributed by atoms with Gasteiger partial charge >= 0.3 is 5.97 Å². The van der Waals surface area contributed by atoms with Gasteiger partial charge in [-0.3, -0.25) is 0 Å². The fraction of sp³-hybridized carbons (Fsp3) is 0.227. The first-order chi connectivity index (χ1) is 13.2. The summed E-state index contributed by atoms with van der Waals surface area (Å²) in [5.74, 6) is 0.425. The lowest BCUT2D eigenvalue weighted by molar-refractivity contribution is 0.0726. The Morgan fingerprint density at radius 1 is 0.926 bits per heavy atom. The monoisotopic (exact) mass is 362 g/mol. The first-order valence-electron chi connectivity index (χ1n) is 9.01. The number of hydrogen-bond acceptors (Lipinski definition) is 5. The van der Waals surface area contributed by atoms with Crippen molar-refractivity contribution in [3.05, 3.63) is 71.8 Å². The van der Waals surface area contributed by atoms with E-state index in [1.54, 1.807) is 36.4 Å². The molecule has 0 aliphatic heterocycles. The molecule has 5 heteroatoms.